The van der Waals surface area contributed by atoms with Crippen molar-refractivity contribution in [2.75, 3.05) is 7.11 Å². The molecule has 0 aliphatic heterocycles. The molecule has 102 valence electrons. The number of rotatable bonds is 5. The van der Waals surface area contributed by atoms with Gasteiger partial charge < -0.3 is 13.6 Å². The molecule has 0 aromatic carbocycles. The zero-order valence-corrected chi connectivity index (χ0v) is 14.2. The molecule has 0 fully saturated rings. The molecule has 0 amide bonds. The highest BCUT2D eigenvalue weighted by Crippen LogP contribution is 2.28. The standard InChI is InChI=1S/C11H22N2O3Si2/c1-14-9-8-12-11(16-18(5,6)7)13-10(9)15-17(2,3)4/h8H,1-7H3. The molecule has 0 saturated carbocycles. The topological polar surface area (TPSA) is 53.5 Å². The highest BCUT2D eigenvalue weighted by Gasteiger charge is 2.23. The normalized spacial score (nSPS) is 12.2. The van der Waals surface area contributed by atoms with Crippen LogP contribution in [0, 0.1) is 0 Å². The molecule has 1 rings (SSSR count). The van der Waals surface area contributed by atoms with Crippen LogP contribution >= 0.6 is 0 Å². The van der Waals surface area contributed by atoms with E-state index in [-0.39, 0.29) is 0 Å². The van der Waals surface area contributed by atoms with Crippen LogP contribution in [0.25, 0.3) is 0 Å². The first-order chi connectivity index (χ1) is 8.11. The van der Waals surface area contributed by atoms with Crippen LogP contribution in [0.3, 0.4) is 0 Å². The molecule has 0 radical (unpaired) electrons. The second-order valence-corrected chi connectivity index (χ2v) is 14.8. The van der Waals surface area contributed by atoms with Crippen molar-refractivity contribution in [2.45, 2.75) is 39.3 Å². The van der Waals surface area contributed by atoms with Gasteiger partial charge in [0.05, 0.1) is 13.3 Å². The average molecular weight is 286 g/mol. The second-order valence-electron chi connectivity index (χ2n) is 5.95. The summed E-state index contributed by atoms with van der Waals surface area (Å²) in [6.07, 6.45) is 1.60. The van der Waals surface area contributed by atoms with Gasteiger partial charge in [0.25, 0.3) is 0 Å². The summed E-state index contributed by atoms with van der Waals surface area (Å²) in [5.41, 5.74) is 0. The van der Waals surface area contributed by atoms with Crippen LogP contribution in [-0.4, -0.2) is 33.7 Å². The molecule has 18 heavy (non-hydrogen) atoms. The minimum Gasteiger partial charge on any atom is -0.529 e. The Balaban J connectivity index is 3.02. The average Bonchev–Trinajstić information content (AvgIpc) is 2.12. The molecule has 0 atom stereocenters. The largest absolute Gasteiger partial charge is 0.529 e. The van der Waals surface area contributed by atoms with Gasteiger partial charge in [-0.15, -0.1) is 0 Å². The molecule has 0 unspecified atom stereocenters. The molecular weight excluding hydrogens is 264 g/mol. The highest BCUT2D eigenvalue weighted by atomic mass is 28.4. The second kappa shape index (κ2) is 5.27. The zero-order chi connectivity index (χ0) is 14.0. The summed E-state index contributed by atoms with van der Waals surface area (Å²) in [6.45, 7) is 12.5. The number of ether oxygens (including phenoxy) is 1. The van der Waals surface area contributed by atoms with Crippen molar-refractivity contribution < 1.29 is 13.6 Å². The molecule has 0 aliphatic carbocycles. The Morgan fingerprint density at radius 1 is 0.944 bits per heavy atom. The van der Waals surface area contributed by atoms with Crippen LogP contribution < -0.4 is 13.6 Å². The van der Waals surface area contributed by atoms with Crippen LogP contribution in [-0.2, 0) is 0 Å². The van der Waals surface area contributed by atoms with E-state index in [0.29, 0.717) is 17.6 Å². The fraction of sp³-hybridized carbons (Fsp3) is 0.636. The molecule has 5 nitrogen and oxygen atoms in total. The first-order valence-corrected chi connectivity index (χ1v) is 12.7. The van der Waals surface area contributed by atoms with Crippen molar-refractivity contribution in [3.8, 4) is 17.6 Å². The molecule has 0 N–H and O–H groups in total. The van der Waals surface area contributed by atoms with Crippen molar-refractivity contribution in [1.29, 1.82) is 0 Å². The summed E-state index contributed by atoms with van der Waals surface area (Å²) in [5, 5.41) is 0. The summed E-state index contributed by atoms with van der Waals surface area (Å²) >= 11 is 0. The number of hydrogen-bond acceptors (Lipinski definition) is 5. The van der Waals surface area contributed by atoms with Crippen LogP contribution in [0.2, 0.25) is 39.3 Å². The van der Waals surface area contributed by atoms with Gasteiger partial charge in [0.15, 0.2) is 5.75 Å². The summed E-state index contributed by atoms with van der Waals surface area (Å²) in [5.74, 6) is 1.01. The van der Waals surface area contributed by atoms with Gasteiger partial charge in [0, 0.05) is 0 Å². The van der Waals surface area contributed by atoms with E-state index in [1.165, 1.54) is 0 Å². The molecule has 1 aromatic rings. The highest BCUT2D eigenvalue weighted by molar-refractivity contribution is 6.70. The van der Waals surface area contributed by atoms with Crippen molar-refractivity contribution in [1.82, 2.24) is 9.97 Å². The lowest BCUT2D eigenvalue weighted by molar-refractivity contribution is 0.375. The Kier molecular flexibility index (Phi) is 4.38. The summed E-state index contributed by atoms with van der Waals surface area (Å²) in [6, 6.07) is 0.364. The minimum absolute atomic E-state index is 0.364. The zero-order valence-electron chi connectivity index (χ0n) is 12.2. The van der Waals surface area contributed by atoms with Gasteiger partial charge in [-0.3, -0.25) is 0 Å². The Hall–Kier alpha value is -1.09. The van der Waals surface area contributed by atoms with Gasteiger partial charge in [-0.05, 0) is 39.3 Å². The van der Waals surface area contributed by atoms with E-state index in [9.17, 15) is 0 Å². The molecule has 0 spiro atoms. The van der Waals surface area contributed by atoms with Crippen molar-refractivity contribution >= 4 is 16.6 Å². The molecule has 0 saturated heterocycles. The van der Waals surface area contributed by atoms with Gasteiger partial charge in [-0.25, -0.2) is 4.98 Å². The minimum atomic E-state index is -1.74. The monoisotopic (exact) mass is 286 g/mol. The molecule has 0 aliphatic rings. The molecule has 1 aromatic heterocycles. The van der Waals surface area contributed by atoms with Crippen LogP contribution in [0.1, 0.15) is 0 Å². The number of hydrogen-bond donors (Lipinski definition) is 0. The van der Waals surface area contributed by atoms with Crippen LogP contribution in [0.15, 0.2) is 6.20 Å². The smallest absolute Gasteiger partial charge is 0.305 e. The Bertz CT molecular complexity index is 414. The van der Waals surface area contributed by atoms with Crippen molar-refractivity contribution in [2.24, 2.45) is 0 Å². The third-order valence-electron chi connectivity index (χ3n) is 1.72. The van der Waals surface area contributed by atoms with E-state index in [1.807, 2.05) is 0 Å². The fourth-order valence-corrected chi connectivity index (χ4v) is 2.54. The molecule has 1 heterocycles. The lowest BCUT2D eigenvalue weighted by Crippen LogP contribution is -2.32. The third kappa shape index (κ3) is 5.05. The summed E-state index contributed by atoms with van der Waals surface area (Å²) in [4.78, 5) is 8.44. The lowest BCUT2D eigenvalue weighted by atomic mass is 10.6. The fourth-order valence-electron chi connectivity index (χ4n) is 1.17. The maximum atomic E-state index is 5.88. The van der Waals surface area contributed by atoms with Gasteiger partial charge in [0.2, 0.25) is 22.5 Å². The third-order valence-corrected chi connectivity index (χ3v) is 3.32. The number of aromatic nitrogens is 2. The van der Waals surface area contributed by atoms with Crippen molar-refractivity contribution in [3.63, 3.8) is 0 Å². The quantitative estimate of drug-likeness (QED) is 0.779. The predicted molar refractivity (Wildman–Crippen MR) is 76.5 cm³/mol. The number of nitrogens with zero attached hydrogens (tertiary/aromatic N) is 2. The first kappa shape index (κ1) is 15.0. The maximum absolute atomic E-state index is 5.88. The van der Waals surface area contributed by atoms with Gasteiger partial charge in [-0.1, -0.05) is 0 Å². The Morgan fingerprint density at radius 3 is 1.94 bits per heavy atom. The van der Waals surface area contributed by atoms with E-state index in [2.05, 4.69) is 49.3 Å². The SMILES string of the molecule is COc1cnc(O[Si](C)(C)C)nc1O[Si](C)(C)C. The molecule has 0 bridgehead atoms. The maximum Gasteiger partial charge on any atom is 0.305 e. The van der Waals surface area contributed by atoms with Gasteiger partial charge in [-0.2, -0.15) is 4.98 Å². The van der Waals surface area contributed by atoms with E-state index < -0.39 is 16.6 Å². The lowest BCUT2D eigenvalue weighted by Gasteiger charge is -2.21. The Labute approximate surface area is 111 Å². The van der Waals surface area contributed by atoms with Crippen molar-refractivity contribution in [3.05, 3.63) is 6.20 Å². The van der Waals surface area contributed by atoms with Gasteiger partial charge >= 0.3 is 6.01 Å². The molecule has 7 heteroatoms. The van der Waals surface area contributed by atoms with Gasteiger partial charge in [0.1, 0.15) is 0 Å². The van der Waals surface area contributed by atoms with Crippen LogP contribution in [0.4, 0.5) is 0 Å². The van der Waals surface area contributed by atoms with E-state index in [4.69, 9.17) is 13.6 Å². The predicted octanol–water partition coefficient (Wildman–Crippen LogP) is 2.91. The van der Waals surface area contributed by atoms with E-state index in [1.54, 1.807) is 13.3 Å². The van der Waals surface area contributed by atoms with E-state index in [0.717, 1.165) is 0 Å². The van der Waals surface area contributed by atoms with Crippen LogP contribution in [0.5, 0.6) is 17.6 Å². The summed E-state index contributed by atoms with van der Waals surface area (Å²) < 4.78 is 16.8. The first-order valence-electron chi connectivity index (χ1n) is 5.90. The number of methoxy groups -OCH3 is 1. The van der Waals surface area contributed by atoms with E-state index >= 15 is 0 Å². The molecular formula is C11H22N2O3Si2. The summed E-state index contributed by atoms with van der Waals surface area (Å²) in [7, 11) is -1.88. The Morgan fingerprint density at radius 2 is 1.50 bits per heavy atom.